The molecule has 3 rings (SSSR count). The van der Waals surface area contributed by atoms with Crippen molar-refractivity contribution in [2.24, 2.45) is 5.92 Å². The molecule has 2 amide bonds. The van der Waals surface area contributed by atoms with Crippen LogP contribution in [0.3, 0.4) is 0 Å². The van der Waals surface area contributed by atoms with Gasteiger partial charge < -0.3 is 15.5 Å². The largest absolute Gasteiger partial charge is 0.337 e. The van der Waals surface area contributed by atoms with Gasteiger partial charge in [-0.15, -0.1) is 0 Å². The molecular weight excluding hydrogens is 382 g/mol. The second kappa shape index (κ2) is 10.2. The van der Waals surface area contributed by atoms with Gasteiger partial charge in [0.1, 0.15) is 0 Å². The van der Waals surface area contributed by atoms with Crippen molar-refractivity contribution in [1.82, 2.24) is 10.2 Å². The maximum Gasteiger partial charge on any atom is 0.253 e. The normalized spacial score (nSPS) is 13.7. The van der Waals surface area contributed by atoms with Crippen LogP contribution in [0.5, 0.6) is 0 Å². The molecule has 29 heavy (non-hydrogen) atoms. The van der Waals surface area contributed by atoms with E-state index in [1.807, 2.05) is 36.4 Å². The average molecular weight is 410 g/mol. The lowest BCUT2D eigenvalue weighted by atomic mass is 10.0. The topological polar surface area (TPSA) is 61.4 Å². The molecule has 1 fully saturated rings. The molecule has 0 atom stereocenters. The van der Waals surface area contributed by atoms with E-state index in [4.69, 9.17) is 12.2 Å². The molecule has 0 saturated heterocycles. The number of carbonyl (C=O) groups is 2. The predicted octanol–water partition coefficient (Wildman–Crippen LogP) is 4.35. The van der Waals surface area contributed by atoms with Gasteiger partial charge >= 0.3 is 0 Å². The third kappa shape index (κ3) is 6.39. The van der Waals surface area contributed by atoms with E-state index < -0.39 is 0 Å². The van der Waals surface area contributed by atoms with Gasteiger partial charge in [0.05, 0.1) is 0 Å². The summed E-state index contributed by atoms with van der Waals surface area (Å²) in [6.07, 6.45) is 5.17. The van der Waals surface area contributed by atoms with Crippen LogP contribution >= 0.6 is 12.2 Å². The zero-order valence-electron chi connectivity index (χ0n) is 16.7. The van der Waals surface area contributed by atoms with Crippen molar-refractivity contribution < 1.29 is 9.59 Å². The van der Waals surface area contributed by atoms with Gasteiger partial charge in [-0.05, 0) is 54.7 Å². The number of nitrogens with zero attached hydrogens (tertiary/aromatic N) is 1. The lowest BCUT2D eigenvalue weighted by molar-refractivity contribution is -0.120. The first-order valence-corrected chi connectivity index (χ1v) is 10.4. The van der Waals surface area contributed by atoms with E-state index in [1.165, 1.54) is 12.8 Å². The van der Waals surface area contributed by atoms with Crippen LogP contribution in [-0.2, 0) is 11.3 Å². The molecule has 0 radical (unpaired) electrons. The first kappa shape index (κ1) is 21.0. The highest BCUT2D eigenvalue weighted by Crippen LogP contribution is 2.27. The minimum atomic E-state index is -0.0753. The fraction of sp³-hybridized carbons (Fsp3) is 0.348. The van der Waals surface area contributed by atoms with Gasteiger partial charge in [0, 0.05) is 31.3 Å². The number of rotatable bonds is 6. The molecule has 152 valence electrons. The highest BCUT2D eigenvalue weighted by molar-refractivity contribution is 7.80. The van der Waals surface area contributed by atoms with Crippen LogP contribution in [0.15, 0.2) is 54.6 Å². The van der Waals surface area contributed by atoms with Crippen LogP contribution in [0.25, 0.3) is 0 Å². The standard InChI is InChI=1S/C23H27N3O2S/c1-26(16-18-10-3-2-4-11-18)22(28)19-12-7-13-20(15-19)24-23(29)25-21(27)14-17-8-5-6-9-17/h2-4,7,10-13,15,17H,5-6,8-9,14,16H2,1H3,(H2,24,25,27,29). The van der Waals surface area contributed by atoms with Crippen molar-refractivity contribution in [2.45, 2.75) is 38.6 Å². The Morgan fingerprint density at radius 2 is 1.79 bits per heavy atom. The van der Waals surface area contributed by atoms with Gasteiger partial charge in [-0.3, -0.25) is 9.59 Å². The monoisotopic (exact) mass is 409 g/mol. The van der Waals surface area contributed by atoms with E-state index in [9.17, 15) is 9.59 Å². The molecule has 0 bridgehead atoms. The summed E-state index contributed by atoms with van der Waals surface area (Å²) < 4.78 is 0. The summed E-state index contributed by atoms with van der Waals surface area (Å²) in [6.45, 7) is 0.535. The van der Waals surface area contributed by atoms with Gasteiger partial charge in [-0.1, -0.05) is 49.2 Å². The SMILES string of the molecule is CN(Cc1ccccc1)C(=O)c1cccc(NC(=S)NC(=O)CC2CCCC2)c1. The Kier molecular flexibility index (Phi) is 7.36. The van der Waals surface area contributed by atoms with Gasteiger partial charge in [0.2, 0.25) is 5.91 Å². The van der Waals surface area contributed by atoms with E-state index in [0.717, 1.165) is 18.4 Å². The van der Waals surface area contributed by atoms with Crippen molar-refractivity contribution in [3.63, 3.8) is 0 Å². The summed E-state index contributed by atoms with van der Waals surface area (Å²) >= 11 is 5.26. The highest BCUT2D eigenvalue weighted by Gasteiger charge is 2.19. The first-order valence-electron chi connectivity index (χ1n) is 10.0. The lowest BCUT2D eigenvalue weighted by Gasteiger charge is -2.18. The predicted molar refractivity (Wildman–Crippen MR) is 120 cm³/mol. The Morgan fingerprint density at radius 1 is 1.07 bits per heavy atom. The van der Waals surface area contributed by atoms with E-state index in [1.54, 1.807) is 30.1 Å². The van der Waals surface area contributed by atoms with Crippen LogP contribution in [0.1, 0.15) is 48.0 Å². The zero-order valence-corrected chi connectivity index (χ0v) is 17.5. The number of nitrogens with one attached hydrogen (secondary N) is 2. The lowest BCUT2D eigenvalue weighted by Crippen LogP contribution is -2.35. The quantitative estimate of drug-likeness (QED) is 0.696. The molecule has 0 heterocycles. The van der Waals surface area contributed by atoms with Gasteiger partial charge in [0.15, 0.2) is 5.11 Å². The van der Waals surface area contributed by atoms with Crippen LogP contribution < -0.4 is 10.6 Å². The molecule has 6 heteroatoms. The summed E-state index contributed by atoms with van der Waals surface area (Å²) in [5.41, 5.74) is 2.31. The van der Waals surface area contributed by atoms with Gasteiger partial charge in [-0.25, -0.2) is 0 Å². The molecule has 0 aromatic heterocycles. The number of hydrogen-bond acceptors (Lipinski definition) is 3. The third-order valence-corrected chi connectivity index (χ3v) is 5.38. The molecule has 1 saturated carbocycles. The fourth-order valence-corrected chi connectivity index (χ4v) is 3.93. The Morgan fingerprint density at radius 3 is 2.52 bits per heavy atom. The Hall–Kier alpha value is -2.73. The number of hydrogen-bond donors (Lipinski definition) is 2. The minimum Gasteiger partial charge on any atom is -0.337 e. The third-order valence-electron chi connectivity index (χ3n) is 5.18. The maximum absolute atomic E-state index is 12.8. The first-order chi connectivity index (χ1) is 14.0. The van der Waals surface area contributed by atoms with E-state index >= 15 is 0 Å². The number of amides is 2. The van der Waals surface area contributed by atoms with Crippen molar-refractivity contribution >= 4 is 34.8 Å². The molecular formula is C23H27N3O2S. The van der Waals surface area contributed by atoms with Crippen LogP contribution in [-0.4, -0.2) is 28.9 Å². The zero-order chi connectivity index (χ0) is 20.6. The summed E-state index contributed by atoms with van der Waals surface area (Å²) in [4.78, 5) is 26.6. The molecule has 0 aliphatic heterocycles. The molecule has 2 aromatic rings. The van der Waals surface area contributed by atoms with Crippen molar-refractivity contribution in [3.8, 4) is 0 Å². The molecule has 1 aliphatic rings. The summed E-state index contributed by atoms with van der Waals surface area (Å²) in [6, 6.07) is 17.0. The van der Waals surface area contributed by atoms with Crippen molar-refractivity contribution in [3.05, 3.63) is 65.7 Å². The van der Waals surface area contributed by atoms with Gasteiger partial charge in [-0.2, -0.15) is 0 Å². The number of carbonyl (C=O) groups excluding carboxylic acids is 2. The summed E-state index contributed by atoms with van der Waals surface area (Å²) in [5.74, 6) is 0.344. The van der Waals surface area contributed by atoms with E-state index in [0.29, 0.717) is 30.1 Å². The van der Waals surface area contributed by atoms with Crippen molar-refractivity contribution in [1.29, 1.82) is 0 Å². The average Bonchev–Trinajstić information content (AvgIpc) is 3.21. The second-order valence-electron chi connectivity index (χ2n) is 7.58. The van der Waals surface area contributed by atoms with Crippen LogP contribution in [0, 0.1) is 5.92 Å². The Labute approximate surface area is 177 Å². The molecule has 2 aromatic carbocycles. The fourth-order valence-electron chi connectivity index (χ4n) is 3.70. The molecule has 1 aliphatic carbocycles. The highest BCUT2D eigenvalue weighted by atomic mass is 32.1. The van der Waals surface area contributed by atoms with Crippen molar-refractivity contribution in [2.75, 3.05) is 12.4 Å². The maximum atomic E-state index is 12.8. The Balaban J connectivity index is 1.54. The van der Waals surface area contributed by atoms with Gasteiger partial charge in [0.25, 0.3) is 5.91 Å². The van der Waals surface area contributed by atoms with E-state index in [-0.39, 0.29) is 16.9 Å². The Bertz CT molecular complexity index is 863. The molecule has 0 spiro atoms. The molecule has 5 nitrogen and oxygen atoms in total. The number of thiocarbonyl (C=S) groups is 1. The summed E-state index contributed by atoms with van der Waals surface area (Å²) in [7, 11) is 1.78. The molecule has 2 N–H and O–H groups in total. The number of benzene rings is 2. The van der Waals surface area contributed by atoms with E-state index in [2.05, 4.69) is 10.6 Å². The summed E-state index contributed by atoms with van der Waals surface area (Å²) in [5, 5.41) is 6.02. The minimum absolute atomic E-state index is 0.0516. The number of anilines is 1. The van der Waals surface area contributed by atoms with Crippen LogP contribution in [0.2, 0.25) is 0 Å². The van der Waals surface area contributed by atoms with Crippen LogP contribution in [0.4, 0.5) is 5.69 Å². The molecule has 0 unspecified atom stereocenters. The smallest absolute Gasteiger partial charge is 0.253 e. The second-order valence-corrected chi connectivity index (χ2v) is 7.99.